The summed E-state index contributed by atoms with van der Waals surface area (Å²) in [5.41, 5.74) is 0.321. The molecule has 3 rings (SSSR count). The van der Waals surface area contributed by atoms with Crippen molar-refractivity contribution in [3.8, 4) is 5.75 Å². The molecular formula is C20H23NO4. The lowest BCUT2D eigenvalue weighted by Gasteiger charge is -2.18. The van der Waals surface area contributed by atoms with Gasteiger partial charge in [0.05, 0.1) is 7.11 Å². The van der Waals surface area contributed by atoms with Gasteiger partial charge in [0.2, 0.25) is 0 Å². The molecule has 1 amide bonds. The van der Waals surface area contributed by atoms with Gasteiger partial charge in [0.25, 0.3) is 5.91 Å². The van der Waals surface area contributed by atoms with E-state index in [1.165, 1.54) is 7.11 Å². The standard InChI is InChI=1S/C20H23NO4/c1-13(19(22)21-16-9-5-6-10-16)25-20(23)17-11-14-7-3-4-8-15(14)12-18(17)24-2/h3-4,7-8,11-13,16H,5-6,9-10H2,1-2H3,(H,21,22)/t13-/m1/s1. The first-order valence-corrected chi connectivity index (χ1v) is 8.66. The van der Waals surface area contributed by atoms with Crippen LogP contribution in [0.5, 0.6) is 5.75 Å². The van der Waals surface area contributed by atoms with E-state index < -0.39 is 12.1 Å². The van der Waals surface area contributed by atoms with Crippen molar-refractivity contribution in [1.29, 1.82) is 0 Å². The molecule has 1 fully saturated rings. The van der Waals surface area contributed by atoms with Gasteiger partial charge in [-0.25, -0.2) is 4.79 Å². The summed E-state index contributed by atoms with van der Waals surface area (Å²) in [6.07, 6.45) is 3.40. The van der Waals surface area contributed by atoms with Crippen molar-refractivity contribution >= 4 is 22.6 Å². The Bertz CT molecular complexity index is 780. The molecule has 0 radical (unpaired) electrons. The summed E-state index contributed by atoms with van der Waals surface area (Å²) >= 11 is 0. The summed E-state index contributed by atoms with van der Waals surface area (Å²) in [5.74, 6) is -0.371. The molecule has 1 atom stereocenters. The molecule has 0 bridgehead atoms. The zero-order valence-corrected chi connectivity index (χ0v) is 14.6. The van der Waals surface area contributed by atoms with Crippen molar-refractivity contribution in [3.05, 3.63) is 42.0 Å². The second-order valence-electron chi connectivity index (χ2n) is 6.44. The number of hydrogen-bond donors (Lipinski definition) is 1. The van der Waals surface area contributed by atoms with Crippen LogP contribution in [0, 0.1) is 0 Å². The smallest absolute Gasteiger partial charge is 0.342 e. The van der Waals surface area contributed by atoms with Gasteiger partial charge in [0, 0.05) is 6.04 Å². The van der Waals surface area contributed by atoms with Gasteiger partial charge in [-0.15, -0.1) is 0 Å². The second kappa shape index (κ2) is 7.55. The first-order valence-electron chi connectivity index (χ1n) is 8.66. The Balaban J connectivity index is 1.73. The van der Waals surface area contributed by atoms with Crippen molar-refractivity contribution in [2.24, 2.45) is 0 Å². The molecular weight excluding hydrogens is 318 g/mol. The van der Waals surface area contributed by atoms with E-state index in [2.05, 4.69) is 5.32 Å². The van der Waals surface area contributed by atoms with Crippen LogP contribution >= 0.6 is 0 Å². The quantitative estimate of drug-likeness (QED) is 0.846. The molecule has 1 aliphatic carbocycles. The Morgan fingerprint density at radius 1 is 1.12 bits per heavy atom. The molecule has 5 nitrogen and oxygen atoms in total. The number of amides is 1. The lowest BCUT2D eigenvalue weighted by Crippen LogP contribution is -2.40. The van der Waals surface area contributed by atoms with Crippen molar-refractivity contribution < 1.29 is 19.1 Å². The summed E-state index contributed by atoms with van der Waals surface area (Å²) in [6.45, 7) is 1.59. The summed E-state index contributed by atoms with van der Waals surface area (Å²) in [7, 11) is 1.51. The molecule has 0 aliphatic heterocycles. The van der Waals surface area contributed by atoms with Crippen molar-refractivity contribution in [2.45, 2.75) is 44.8 Å². The number of esters is 1. The van der Waals surface area contributed by atoms with Crippen LogP contribution in [-0.2, 0) is 9.53 Å². The lowest BCUT2D eigenvalue weighted by atomic mass is 10.1. The predicted molar refractivity (Wildman–Crippen MR) is 95.8 cm³/mol. The molecule has 5 heteroatoms. The number of carbonyl (C=O) groups excluding carboxylic acids is 2. The summed E-state index contributed by atoms with van der Waals surface area (Å²) in [6, 6.07) is 11.4. The highest BCUT2D eigenvalue weighted by Gasteiger charge is 2.25. The zero-order valence-electron chi connectivity index (χ0n) is 14.6. The molecule has 0 aromatic heterocycles. The van der Waals surface area contributed by atoms with Gasteiger partial charge in [-0.3, -0.25) is 4.79 Å². The van der Waals surface area contributed by atoms with Crippen LogP contribution in [-0.4, -0.2) is 31.1 Å². The fourth-order valence-electron chi connectivity index (χ4n) is 3.21. The Hall–Kier alpha value is -2.56. The predicted octanol–water partition coefficient (Wildman–Crippen LogP) is 3.45. The average molecular weight is 341 g/mol. The molecule has 0 heterocycles. The third-order valence-electron chi connectivity index (χ3n) is 4.64. The largest absolute Gasteiger partial charge is 0.496 e. The highest BCUT2D eigenvalue weighted by molar-refractivity contribution is 5.99. The number of hydrogen-bond acceptors (Lipinski definition) is 4. The highest BCUT2D eigenvalue weighted by Crippen LogP contribution is 2.27. The van der Waals surface area contributed by atoms with Crippen molar-refractivity contribution in [1.82, 2.24) is 5.32 Å². The van der Waals surface area contributed by atoms with Crippen molar-refractivity contribution in [3.63, 3.8) is 0 Å². The summed E-state index contributed by atoms with van der Waals surface area (Å²) in [4.78, 5) is 24.8. The van der Waals surface area contributed by atoms with Crippen LogP contribution < -0.4 is 10.1 Å². The Morgan fingerprint density at radius 2 is 1.76 bits per heavy atom. The number of ether oxygens (including phenoxy) is 2. The van der Waals surface area contributed by atoms with Gasteiger partial charge in [-0.1, -0.05) is 37.1 Å². The zero-order chi connectivity index (χ0) is 17.8. The van der Waals surface area contributed by atoms with Crippen LogP contribution in [0.3, 0.4) is 0 Å². The maximum Gasteiger partial charge on any atom is 0.342 e. The molecule has 25 heavy (non-hydrogen) atoms. The highest BCUT2D eigenvalue weighted by atomic mass is 16.5. The molecule has 1 saturated carbocycles. The lowest BCUT2D eigenvalue weighted by molar-refractivity contribution is -0.129. The molecule has 0 unspecified atom stereocenters. The van der Waals surface area contributed by atoms with E-state index >= 15 is 0 Å². The summed E-state index contributed by atoms with van der Waals surface area (Å²) < 4.78 is 10.7. The molecule has 1 N–H and O–H groups in total. The minimum Gasteiger partial charge on any atom is -0.496 e. The average Bonchev–Trinajstić information content (AvgIpc) is 3.13. The summed E-state index contributed by atoms with van der Waals surface area (Å²) in [5, 5.41) is 4.84. The van der Waals surface area contributed by atoms with E-state index in [9.17, 15) is 9.59 Å². The maximum atomic E-state index is 12.5. The SMILES string of the molecule is COc1cc2ccccc2cc1C(=O)O[C@H](C)C(=O)NC1CCCC1. The van der Waals surface area contributed by atoms with E-state index in [1.807, 2.05) is 24.3 Å². The number of methoxy groups -OCH3 is 1. The van der Waals surface area contributed by atoms with E-state index in [0.29, 0.717) is 11.3 Å². The van der Waals surface area contributed by atoms with Gasteiger partial charge >= 0.3 is 5.97 Å². The third-order valence-corrected chi connectivity index (χ3v) is 4.64. The fourth-order valence-corrected chi connectivity index (χ4v) is 3.21. The topological polar surface area (TPSA) is 64.6 Å². The molecule has 2 aromatic rings. The number of rotatable bonds is 5. The van der Waals surface area contributed by atoms with Gasteiger partial charge in [-0.05, 0) is 42.7 Å². The molecule has 2 aromatic carbocycles. The molecule has 0 spiro atoms. The first kappa shape index (κ1) is 17.3. The molecule has 132 valence electrons. The van der Waals surface area contributed by atoms with Crippen LogP contribution in [0.1, 0.15) is 43.0 Å². The minimum absolute atomic E-state index is 0.198. The van der Waals surface area contributed by atoms with Crippen LogP contribution in [0.25, 0.3) is 10.8 Å². The van der Waals surface area contributed by atoms with E-state index in [4.69, 9.17) is 9.47 Å². The number of carbonyl (C=O) groups is 2. The van der Waals surface area contributed by atoms with Crippen LogP contribution in [0.15, 0.2) is 36.4 Å². The Morgan fingerprint density at radius 3 is 2.40 bits per heavy atom. The monoisotopic (exact) mass is 341 g/mol. The minimum atomic E-state index is -0.843. The number of benzene rings is 2. The normalized spacial score (nSPS) is 15.8. The van der Waals surface area contributed by atoms with Gasteiger partial charge in [-0.2, -0.15) is 0 Å². The number of fused-ring (bicyclic) bond motifs is 1. The maximum absolute atomic E-state index is 12.5. The third kappa shape index (κ3) is 3.92. The fraction of sp³-hybridized carbons (Fsp3) is 0.400. The van der Waals surface area contributed by atoms with E-state index in [0.717, 1.165) is 36.5 Å². The van der Waals surface area contributed by atoms with Crippen molar-refractivity contribution in [2.75, 3.05) is 7.11 Å². The van der Waals surface area contributed by atoms with Crippen LogP contribution in [0.4, 0.5) is 0 Å². The first-order chi connectivity index (χ1) is 12.1. The van der Waals surface area contributed by atoms with Gasteiger partial charge in [0.1, 0.15) is 11.3 Å². The Kier molecular flexibility index (Phi) is 5.22. The second-order valence-corrected chi connectivity index (χ2v) is 6.44. The van der Waals surface area contributed by atoms with Gasteiger partial charge in [0.15, 0.2) is 6.10 Å². The number of nitrogens with one attached hydrogen (secondary N) is 1. The Labute approximate surface area is 147 Å². The molecule has 1 aliphatic rings. The van der Waals surface area contributed by atoms with E-state index in [-0.39, 0.29) is 11.9 Å². The molecule has 0 saturated heterocycles. The van der Waals surface area contributed by atoms with Crippen LogP contribution in [0.2, 0.25) is 0 Å². The van der Waals surface area contributed by atoms with Gasteiger partial charge < -0.3 is 14.8 Å². The van der Waals surface area contributed by atoms with E-state index in [1.54, 1.807) is 19.1 Å².